The largest absolute Gasteiger partial charge is 0.476 e. The number of carboxylic acids is 1. The van der Waals surface area contributed by atoms with E-state index in [9.17, 15) is 9.59 Å². The van der Waals surface area contributed by atoms with Gasteiger partial charge in [-0.2, -0.15) is 0 Å². The Morgan fingerprint density at radius 1 is 1.25 bits per heavy atom. The minimum atomic E-state index is -1.04. The van der Waals surface area contributed by atoms with Gasteiger partial charge in [0.15, 0.2) is 5.69 Å². The lowest BCUT2D eigenvalue weighted by Gasteiger charge is -2.19. The van der Waals surface area contributed by atoms with Crippen LogP contribution in [-0.2, 0) is 6.42 Å². The maximum absolute atomic E-state index is 12.7. The van der Waals surface area contributed by atoms with Gasteiger partial charge in [-0.05, 0) is 32.4 Å². The molecule has 0 spiro atoms. The molecule has 1 atom stereocenters. The summed E-state index contributed by atoms with van der Waals surface area (Å²) in [5.41, 5.74) is 3.85. The van der Waals surface area contributed by atoms with Gasteiger partial charge >= 0.3 is 5.97 Å². The van der Waals surface area contributed by atoms with E-state index in [-0.39, 0.29) is 17.6 Å². The van der Waals surface area contributed by atoms with Crippen molar-refractivity contribution in [1.29, 1.82) is 0 Å². The number of nitrogens with one attached hydrogen (secondary N) is 1. The molecule has 0 aliphatic rings. The second-order valence-electron chi connectivity index (χ2n) is 6.68. The quantitative estimate of drug-likeness (QED) is 0.634. The van der Waals surface area contributed by atoms with Crippen molar-refractivity contribution in [2.24, 2.45) is 0 Å². The number of benzene rings is 1. The first-order valence-corrected chi connectivity index (χ1v) is 9.95. The second-order valence-corrected chi connectivity index (χ2v) is 7.62. The van der Waals surface area contributed by atoms with E-state index in [0.29, 0.717) is 23.5 Å². The smallest absolute Gasteiger partial charge is 0.355 e. The molecule has 1 aromatic carbocycles. The number of aryl methyl sites for hydroxylation is 1. The van der Waals surface area contributed by atoms with Crippen molar-refractivity contribution >= 4 is 23.2 Å². The zero-order valence-corrected chi connectivity index (χ0v) is 16.9. The van der Waals surface area contributed by atoms with Gasteiger partial charge in [-0.25, -0.2) is 9.78 Å². The summed E-state index contributed by atoms with van der Waals surface area (Å²) in [7, 11) is 0. The minimum Gasteiger partial charge on any atom is -0.476 e. The van der Waals surface area contributed by atoms with Crippen LogP contribution in [0.25, 0.3) is 0 Å². The van der Waals surface area contributed by atoms with Crippen molar-refractivity contribution in [1.82, 2.24) is 14.9 Å². The number of amides is 1. The van der Waals surface area contributed by atoms with Gasteiger partial charge in [0.25, 0.3) is 5.91 Å². The SMILES string of the molecule is Cc1cc(C(=O)NCCc2nc(C(=O)O)cs2)c(C)n1C(C)c1ccccc1. The molecule has 0 saturated heterocycles. The van der Waals surface area contributed by atoms with E-state index >= 15 is 0 Å². The molecule has 28 heavy (non-hydrogen) atoms. The zero-order chi connectivity index (χ0) is 20.3. The average Bonchev–Trinajstić information content (AvgIpc) is 3.26. The summed E-state index contributed by atoms with van der Waals surface area (Å²) >= 11 is 1.29. The molecule has 2 aromatic heterocycles. The molecular weight excluding hydrogens is 374 g/mol. The highest BCUT2D eigenvalue weighted by Gasteiger charge is 2.19. The summed E-state index contributed by atoms with van der Waals surface area (Å²) in [6, 6.07) is 12.2. The van der Waals surface area contributed by atoms with E-state index in [1.807, 2.05) is 38.1 Å². The van der Waals surface area contributed by atoms with E-state index in [0.717, 1.165) is 11.4 Å². The number of carboxylic acid groups (broad SMARTS) is 1. The molecule has 0 aliphatic carbocycles. The summed E-state index contributed by atoms with van der Waals surface area (Å²) in [6.45, 7) is 6.50. The van der Waals surface area contributed by atoms with E-state index in [2.05, 4.69) is 33.9 Å². The Morgan fingerprint density at radius 3 is 2.61 bits per heavy atom. The molecule has 3 rings (SSSR count). The number of hydrogen-bond donors (Lipinski definition) is 2. The summed E-state index contributed by atoms with van der Waals surface area (Å²) in [5.74, 6) is -1.17. The minimum absolute atomic E-state index is 0.0461. The molecule has 7 heteroatoms. The molecule has 3 aromatic rings. The van der Waals surface area contributed by atoms with Gasteiger partial charge in [0.05, 0.1) is 16.6 Å². The highest BCUT2D eigenvalue weighted by atomic mass is 32.1. The Balaban J connectivity index is 1.68. The Bertz CT molecular complexity index is 992. The first kappa shape index (κ1) is 19.8. The van der Waals surface area contributed by atoms with Crippen molar-refractivity contribution in [3.05, 3.63) is 75.0 Å². The highest BCUT2D eigenvalue weighted by Crippen LogP contribution is 2.25. The molecule has 1 unspecified atom stereocenters. The fraction of sp³-hybridized carbons (Fsp3) is 0.286. The Hall–Kier alpha value is -2.93. The summed E-state index contributed by atoms with van der Waals surface area (Å²) in [6.07, 6.45) is 0.503. The fourth-order valence-corrected chi connectivity index (χ4v) is 4.16. The summed E-state index contributed by atoms with van der Waals surface area (Å²) in [5, 5.41) is 14.0. The third-order valence-corrected chi connectivity index (χ3v) is 5.70. The van der Waals surface area contributed by atoms with Gasteiger partial charge in [-0.3, -0.25) is 4.79 Å². The Kier molecular flexibility index (Phi) is 5.94. The third kappa shape index (κ3) is 4.14. The molecule has 2 N–H and O–H groups in total. The standard InChI is InChI=1S/C21H23N3O3S/c1-13-11-17(15(3)24(13)14(2)16-7-5-4-6-8-16)20(25)22-10-9-19-23-18(12-28-19)21(26)27/h4-8,11-12,14H,9-10H2,1-3H3,(H,22,25)(H,26,27). The van der Waals surface area contributed by atoms with Crippen LogP contribution in [0.1, 0.15) is 55.8 Å². The van der Waals surface area contributed by atoms with Crippen LogP contribution in [0, 0.1) is 13.8 Å². The van der Waals surface area contributed by atoms with Gasteiger partial charge in [0.2, 0.25) is 0 Å². The van der Waals surface area contributed by atoms with Gasteiger partial charge in [-0.15, -0.1) is 11.3 Å². The third-order valence-electron chi connectivity index (χ3n) is 4.79. The molecule has 2 heterocycles. The zero-order valence-electron chi connectivity index (χ0n) is 16.1. The van der Waals surface area contributed by atoms with Gasteiger partial charge in [0, 0.05) is 29.7 Å². The van der Waals surface area contributed by atoms with Crippen LogP contribution < -0.4 is 5.32 Å². The van der Waals surface area contributed by atoms with Crippen LogP contribution in [0.15, 0.2) is 41.8 Å². The van der Waals surface area contributed by atoms with Crippen molar-refractivity contribution in [3.8, 4) is 0 Å². The van der Waals surface area contributed by atoms with Crippen LogP contribution in [0.4, 0.5) is 0 Å². The number of hydrogen-bond acceptors (Lipinski definition) is 4. The second kappa shape index (κ2) is 8.39. The first-order valence-electron chi connectivity index (χ1n) is 9.07. The monoisotopic (exact) mass is 397 g/mol. The van der Waals surface area contributed by atoms with Crippen molar-refractivity contribution in [2.45, 2.75) is 33.2 Å². The summed E-state index contributed by atoms with van der Waals surface area (Å²) in [4.78, 5) is 27.6. The van der Waals surface area contributed by atoms with Crippen molar-refractivity contribution < 1.29 is 14.7 Å². The Morgan fingerprint density at radius 2 is 1.96 bits per heavy atom. The fourth-order valence-electron chi connectivity index (χ4n) is 3.39. The average molecular weight is 398 g/mol. The van der Waals surface area contributed by atoms with Crippen LogP contribution >= 0.6 is 11.3 Å². The lowest BCUT2D eigenvalue weighted by molar-refractivity contribution is 0.0690. The molecule has 0 fully saturated rings. The molecule has 0 bridgehead atoms. The van der Waals surface area contributed by atoms with Gasteiger partial charge < -0.3 is 15.0 Å². The number of aromatic nitrogens is 2. The number of rotatable bonds is 7. The predicted octanol–water partition coefficient (Wildman–Crippen LogP) is 3.84. The van der Waals surface area contributed by atoms with Crippen LogP contribution in [0.2, 0.25) is 0 Å². The molecule has 6 nitrogen and oxygen atoms in total. The summed E-state index contributed by atoms with van der Waals surface area (Å²) < 4.78 is 2.17. The topological polar surface area (TPSA) is 84.2 Å². The Labute approximate surface area is 167 Å². The van der Waals surface area contributed by atoms with Crippen LogP contribution in [-0.4, -0.2) is 33.1 Å². The molecule has 0 aliphatic heterocycles. The number of carbonyl (C=O) groups excluding carboxylic acids is 1. The predicted molar refractivity (Wildman–Crippen MR) is 109 cm³/mol. The maximum atomic E-state index is 12.7. The highest BCUT2D eigenvalue weighted by molar-refractivity contribution is 7.09. The van der Waals surface area contributed by atoms with E-state index < -0.39 is 5.97 Å². The van der Waals surface area contributed by atoms with Gasteiger partial charge in [-0.1, -0.05) is 30.3 Å². The van der Waals surface area contributed by atoms with Crippen LogP contribution in [0.3, 0.4) is 0 Å². The normalized spacial score (nSPS) is 12.0. The molecule has 146 valence electrons. The molecule has 0 saturated carbocycles. The van der Waals surface area contributed by atoms with Crippen molar-refractivity contribution in [3.63, 3.8) is 0 Å². The number of carbonyl (C=O) groups is 2. The lowest BCUT2D eigenvalue weighted by atomic mass is 10.1. The molecular formula is C21H23N3O3S. The van der Waals surface area contributed by atoms with E-state index in [1.165, 1.54) is 22.3 Å². The number of thiazole rings is 1. The van der Waals surface area contributed by atoms with Crippen LogP contribution in [0.5, 0.6) is 0 Å². The number of nitrogens with zero attached hydrogens (tertiary/aromatic N) is 2. The molecule has 1 amide bonds. The lowest BCUT2D eigenvalue weighted by Crippen LogP contribution is -2.26. The number of aromatic carboxylic acids is 1. The van der Waals surface area contributed by atoms with Gasteiger partial charge in [0.1, 0.15) is 0 Å². The van der Waals surface area contributed by atoms with Crippen molar-refractivity contribution in [2.75, 3.05) is 6.54 Å². The van der Waals surface area contributed by atoms with E-state index in [1.54, 1.807) is 0 Å². The maximum Gasteiger partial charge on any atom is 0.355 e. The first-order chi connectivity index (χ1) is 13.4. The van der Waals surface area contributed by atoms with E-state index in [4.69, 9.17) is 5.11 Å². The molecule has 0 radical (unpaired) electrons.